The van der Waals surface area contributed by atoms with E-state index in [1.807, 2.05) is 48.5 Å². The number of hydrogen-bond donors (Lipinski definition) is 1. The lowest BCUT2D eigenvalue weighted by atomic mass is 10.2. The Morgan fingerprint density at radius 1 is 0.816 bits per heavy atom. The minimum atomic E-state index is -0.463. The molecule has 0 spiro atoms. The van der Waals surface area contributed by atoms with Crippen molar-refractivity contribution in [1.82, 2.24) is 4.90 Å². The second-order valence-electron chi connectivity index (χ2n) is 8.07. The van der Waals surface area contributed by atoms with E-state index < -0.39 is 5.24 Å². The molecule has 0 aliphatic rings. The lowest BCUT2D eigenvalue weighted by Crippen LogP contribution is -2.21. The second kappa shape index (κ2) is 24.7. The molecule has 8 heteroatoms. The van der Waals surface area contributed by atoms with Crippen LogP contribution in [0.5, 0.6) is 0 Å². The van der Waals surface area contributed by atoms with Crippen molar-refractivity contribution in [2.24, 2.45) is 0 Å². The molecule has 0 radical (unpaired) electrons. The molecular formula is C30H42ClI2NO4. The molecule has 0 saturated carbocycles. The Balaban J connectivity index is 0. The van der Waals surface area contributed by atoms with Crippen LogP contribution in [0, 0.1) is 7.14 Å². The van der Waals surface area contributed by atoms with Gasteiger partial charge in [0.25, 0.3) is 0 Å². The third-order valence-electron chi connectivity index (χ3n) is 4.88. The Morgan fingerprint density at radius 3 is 1.45 bits per heavy atom. The summed E-state index contributed by atoms with van der Waals surface area (Å²) >= 11 is 9.39. The standard InChI is InChI=1S/C12H13IO2.C8H9IO.C6H15N.C4H5ClO/c1-9(2)12(14)15-8-7-10-3-5-11(13)6-4-10;9-8-3-1-7(2-4-8)5-6-10;1-4-7(5-2)6-3;1-3(2)4(5)6/h3-6H,1,7-8H2,2H3;1-4,10H,5-6H2;4-6H2,1-3H3;1H2,2H3. The van der Waals surface area contributed by atoms with Gasteiger partial charge in [0, 0.05) is 31.3 Å². The van der Waals surface area contributed by atoms with Gasteiger partial charge in [0.15, 0.2) is 0 Å². The van der Waals surface area contributed by atoms with Crippen molar-refractivity contribution in [3.8, 4) is 0 Å². The number of carbonyl (C=O) groups is 2. The van der Waals surface area contributed by atoms with Crippen molar-refractivity contribution in [1.29, 1.82) is 0 Å². The summed E-state index contributed by atoms with van der Waals surface area (Å²) in [6.45, 7) is 20.8. The van der Waals surface area contributed by atoms with E-state index in [0.717, 1.165) is 12.8 Å². The molecule has 0 aromatic heterocycles. The summed E-state index contributed by atoms with van der Waals surface area (Å²) in [5.74, 6) is -0.319. The van der Waals surface area contributed by atoms with E-state index in [4.69, 9.17) is 21.4 Å². The van der Waals surface area contributed by atoms with Gasteiger partial charge in [-0.1, -0.05) is 58.2 Å². The molecule has 0 saturated heterocycles. The Labute approximate surface area is 262 Å². The molecule has 38 heavy (non-hydrogen) atoms. The molecule has 2 rings (SSSR count). The summed E-state index contributed by atoms with van der Waals surface area (Å²) in [4.78, 5) is 23.2. The van der Waals surface area contributed by atoms with Gasteiger partial charge >= 0.3 is 5.97 Å². The van der Waals surface area contributed by atoms with Gasteiger partial charge in [-0.15, -0.1) is 0 Å². The maximum Gasteiger partial charge on any atom is 0.333 e. The van der Waals surface area contributed by atoms with E-state index in [1.54, 1.807) is 13.8 Å². The highest BCUT2D eigenvalue weighted by Crippen LogP contribution is 2.08. The average Bonchev–Trinajstić information content (AvgIpc) is 2.89. The lowest BCUT2D eigenvalue weighted by molar-refractivity contribution is -0.138. The first-order valence-electron chi connectivity index (χ1n) is 12.4. The fourth-order valence-corrected chi connectivity index (χ4v) is 3.21. The number of aliphatic hydroxyl groups excluding tert-OH is 1. The van der Waals surface area contributed by atoms with Crippen LogP contribution in [-0.4, -0.2) is 54.1 Å². The molecule has 0 unspecified atom stereocenters. The quantitative estimate of drug-likeness (QED) is 0.118. The summed E-state index contributed by atoms with van der Waals surface area (Å²) < 4.78 is 7.44. The van der Waals surface area contributed by atoms with Crippen LogP contribution >= 0.6 is 56.8 Å². The topological polar surface area (TPSA) is 66.8 Å². The minimum Gasteiger partial charge on any atom is -0.462 e. The van der Waals surface area contributed by atoms with E-state index in [9.17, 15) is 9.59 Å². The zero-order valence-electron chi connectivity index (χ0n) is 23.2. The molecule has 1 N–H and O–H groups in total. The van der Waals surface area contributed by atoms with E-state index in [2.05, 4.69) is 84.0 Å². The number of esters is 1. The first-order chi connectivity index (χ1) is 17.9. The maximum absolute atomic E-state index is 11.1. The average molecular weight is 770 g/mol. The fourth-order valence-electron chi connectivity index (χ4n) is 2.49. The number of hydrogen-bond acceptors (Lipinski definition) is 5. The van der Waals surface area contributed by atoms with Crippen LogP contribution in [0.3, 0.4) is 0 Å². The molecule has 5 nitrogen and oxygen atoms in total. The smallest absolute Gasteiger partial charge is 0.333 e. The van der Waals surface area contributed by atoms with Crippen molar-refractivity contribution in [3.05, 3.63) is 91.1 Å². The molecule has 0 atom stereocenters. The van der Waals surface area contributed by atoms with Crippen molar-refractivity contribution in [3.63, 3.8) is 0 Å². The van der Waals surface area contributed by atoms with E-state index in [0.29, 0.717) is 17.8 Å². The molecule has 0 heterocycles. The van der Waals surface area contributed by atoms with Crippen molar-refractivity contribution in [2.45, 2.75) is 47.5 Å². The van der Waals surface area contributed by atoms with Crippen LogP contribution in [0.2, 0.25) is 0 Å². The highest BCUT2D eigenvalue weighted by atomic mass is 127. The number of rotatable bonds is 10. The van der Waals surface area contributed by atoms with Crippen LogP contribution < -0.4 is 0 Å². The van der Waals surface area contributed by atoms with Gasteiger partial charge in [0.2, 0.25) is 5.24 Å². The molecule has 0 aliphatic heterocycles. The number of allylic oxidation sites excluding steroid dienone is 1. The number of halogens is 3. The Morgan fingerprint density at radius 2 is 1.18 bits per heavy atom. The predicted octanol–water partition coefficient (Wildman–Crippen LogP) is 7.46. The molecular weight excluding hydrogens is 728 g/mol. The highest BCUT2D eigenvalue weighted by Gasteiger charge is 2.02. The normalized spacial score (nSPS) is 9.53. The SMILES string of the molecule is C=C(C)C(=O)Cl.C=C(C)C(=O)OCCc1ccc(I)cc1.CCN(CC)CC.OCCc1ccc(I)cc1. The zero-order chi connectivity index (χ0) is 29.5. The number of ether oxygens (including phenoxy) is 1. The van der Waals surface area contributed by atoms with E-state index >= 15 is 0 Å². The second-order valence-corrected chi connectivity index (χ2v) is 10.9. The van der Waals surface area contributed by atoms with Crippen LogP contribution in [0.15, 0.2) is 72.8 Å². The lowest BCUT2D eigenvalue weighted by Gasteiger charge is -2.13. The van der Waals surface area contributed by atoms with Gasteiger partial charge in [-0.25, -0.2) is 4.79 Å². The summed E-state index contributed by atoms with van der Waals surface area (Å²) in [6.07, 6.45) is 1.51. The van der Waals surface area contributed by atoms with Crippen LogP contribution in [0.4, 0.5) is 0 Å². The largest absolute Gasteiger partial charge is 0.462 e. The summed E-state index contributed by atoms with van der Waals surface area (Å²) in [7, 11) is 0. The molecule has 0 amide bonds. The number of benzene rings is 2. The Hall–Kier alpha value is -1.27. The Bertz CT molecular complexity index is 926. The van der Waals surface area contributed by atoms with Gasteiger partial charge in [0.05, 0.1) is 6.61 Å². The van der Waals surface area contributed by atoms with Gasteiger partial charge in [-0.3, -0.25) is 4.79 Å². The van der Waals surface area contributed by atoms with Gasteiger partial charge in [-0.2, -0.15) is 0 Å². The fraction of sp³-hybridized carbons (Fsp3) is 0.400. The molecule has 0 bridgehead atoms. The minimum absolute atomic E-state index is 0.237. The van der Waals surface area contributed by atoms with E-state index in [-0.39, 0.29) is 12.6 Å². The molecule has 2 aromatic rings. The number of carbonyl (C=O) groups excluding carboxylic acids is 2. The van der Waals surface area contributed by atoms with E-state index in [1.165, 1.54) is 37.9 Å². The van der Waals surface area contributed by atoms with Gasteiger partial charge < -0.3 is 14.7 Å². The summed E-state index contributed by atoms with van der Waals surface area (Å²) in [5.41, 5.74) is 3.20. The van der Waals surface area contributed by atoms with Crippen molar-refractivity contribution < 1.29 is 19.4 Å². The molecule has 2 aromatic carbocycles. The van der Waals surface area contributed by atoms with Crippen molar-refractivity contribution in [2.75, 3.05) is 32.8 Å². The molecule has 0 fully saturated rings. The highest BCUT2D eigenvalue weighted by molar-refractivity contribution is 14.1. The molecule has 212 valence electrons. The van der Waals surface area contributed by atoms with Gasteiger partial charge in [-0.05, 0) is 132 Å². The third-order valence-corrected chi connectivity index (χ3v) is 6.64. The van der Waals surface area contributed by atoms with Crippen LogP contribution in [0.1, 0.15) is 45.7 Å². The predicted molar refractivity (Wildman–Crippen MR) is 178 cm³/mol. The summed E-state index contributed by atoms with van der Waals surface area (Å²) in [5, 5.41) is 8.12. The Kier molecular flexibility index (Phi) is 25.3. The summed E-state index contributed by atoms with van der Waals surface area (Å²) in [6, 6.07) is 16.3. The van der Waals surface area contributed by atoms with Crippen LogP contribution in [0.25, 0.3) is 0 Å². The van der Waals surface area contributed by atoms with Crippen molar-refractivity contribution >= 4 is 68.0 Å². The molecule has 0 aliphatic carbocycles. The van der Waals surface area contributed by atoms with Gasteiger partial charge in [0.1, 0.15) is 0 Å². The number of aliphatic hydroxyl groups is 1. The first kappa shape index (κ1) is 38.9. The third kappa shape index (κ3) is 22.7. The monoisotopic (exact) mass is 769 g/mol. The van der Waals surface area contributed by atoms with Crippen LogP contribution in [-0.2, 0) is 27.2 Å². The first-order valence-corrected chi connectivity index (χ1v) is 14.9. The zero-order valence-corrected chi connectivity index (χ0v) is 28.3. The maximum atomic E-state index is 11.1. The number of nitrogens with zero attached hydrogens (tertiary/aromatic N) is 1.